The van der Waals surface area contributed by atoms with Crippen molar-refractivity contribution in [3.8, 4) is 10.4 Å². The predicted molar refractivity (Wildman–Crippen MR) is 110 cm³/mol. The largest absolute Gasteiger partial charge is 1.00 e. The first-order valence-electron chi connectivity index (χ1n) is 9.37. The fraction of sp³-hybridized carbons (Fsp3) is 0.500. The van der Waals surface area contributed by atoms with E-state index in [1.807, 2.05) is 27.7 Å². The van der Waals surface area contributed by atoms with Crippen LogP contribution in [0.15, 0.2) is 12.3 Å². The number of amides is 1. The summed E-state index contributed by atoms with van der Waals surface area (Å²) in [5, 5.41) is 3.02. The Labute approximate surface area is 226 Å². The molecule has 3 heterocycles. The molecule has 2 aromatic heterocycles. The second-order valence-electron chi connectivity index (χ2n) is 8.12. The Morgan fingerprint density at radius 1 is 1.39 bits per heavy atom. The van der Waals surface area contributed by atoms with Crippen molar-refractivity contribution >= 4 is 29.3 Å². The Morgan fingerprint density at radius 3 is 2.58 bits per heavy atom. The molecule has 0 spiro atoms. The Morgan fingerprint density at radius 2 is 2.06 bits per heavy atom. The molecular formula is C20H24F2KN4O3S-. The van der Waals surface area contributed by atoms with E-state index in [9.17, 15) is 18.4 Å². The molecular weight excluding hydrogens is 453 g/mol. The zero-order valence-corrected chi connectivity index (χ0v) is 22.1. The number of rotatable bonds is 5. The minimum atomic E-state index is -2.78. The first kappa shape index (κ1) is 28.2. The number of carbonyl (C=O) groups is 1. The zero-order valence-electron chi connectivity index (χ0n) is 18.2. The molecule has 0 saturated carbocycles. The normalized spacial score (nSPS) is 16.0. The van der Waals surface area contributed by atoms with Crippen molar-refractivity contribution in [3.05, 3.63) is 28.5 Å². The molecule has 3 rings (SSSR count). The number of hydrogen-bond acceptors (Lipinski definition) is 7. The van der Waals surface area contributed by atoms with Crippen LogP contribution in [0, 0.1) is 0 Å². The summed E-state index contributed by atoms with van der Waals surface area (Å²) in [5.41, 5.74) is -0.516. The van der Waals surface area contributed by atoms with Gasteiger partial charge in [-0.05, 0) is 51.6 Å². The molecule has 0 bridgehead atoms. The topological polar surface area (TPSA) is 105 Å². The van der Waals surface area contributed by atoms with E-state index in [0.29, 0.717) is 12.4 Å². The number of halogens is 2. The Balaban J connectivity index is 0.00000240. The summed E-state index contributed by atoms with van der Waals surface area (Å²) in [6, 6.07) is 1.31. The third-order valence-corrected chi connectivity index (χ3v) is 5.63. The van der Waals surface area contributed by atoms with Gasteiger partial charge >= 0.3 is 51.4 Å². The first-order valence-corrected chi connectivity index (χ1v) is 10.2. The standard InChI is InChI=1S/C20H23F2N4O2S.K.H2O/c1-11-6-5-7-26(11)19(28)16-17(29-15(10-27)24-16)13-9-23-14(25-20(2,3)4)8-12(13)18(21)22;;/h8-9,11,18H,5-7H2,1-4H3,(H,23,25);;1H2/q-1;+1;/p-1/t11-;;/m0../s1. The molecule has 1 amide bonds. The van der Waals surface area contributed by atoms with Gasteiger partial charge in [0.15, 0.2) is 0 Å². The van der Waals surface area contributed by atoms with Crippen molar-refractivity contribution in [2.45, 2.75) is 58.5 Å². The third-order valence-electron chi connectivity index (χ3n) is 4.65. The van der Waals surface area contributed by atoms with Gasteiger partial charge in [0.1, 0.15) is 11.5 Å². The molecule has 31 heavy (non-hydrogen) atoms. The molecule has 1 atom stereocenters. The summed E-state index contributed by atoms with van der Waals surface area (Å²) in [6.07, 6.45) is 1.94. The average molecular weight is 478 g/mol. The predicted octanol–water partition coefficient (Wildman–Crippen LogP) is 1.26. The minimum Gasteiger partial charge on any atom is -0.870 e. The number of aromatic nitrogens is 2. The number of thiazole rings is 1. The molecule has 164 valence electrons. The van der Waals surface area contributed by atoms with Crippen LogP contribution < -0.4 is 56.7 Å². The quantitative estimate of drug-likeness (QED) is 0.514. The first-order chi connectivity index (χ1) is 13.6. The molecule has 1 aliphatic rings. The summed E-state index contributed by atoms with van der Waals surface area (Å²) in [5.74, 6) is -0.0517. The number of nitrogens with one attached hydrogen (secondary N) is 1. The van der Waals surface area contributed by atoms with Gasteiger partial charge in [-0.15, -0.1) is 11.3 Å². The van der Waals surface area contributed by atoms with E-state index >= 15 is 0 Å². The number of nitrogens with zero attached hydrogens (tertiary/aromatic N) is 3. The summed E-state index contributed by atoms with van der Waals surface area (Å²) in [4.78, 5) is 34.4. The van der Waals surface area contributed by atoms with Gasteiger partial charge < -0.3 is 20.5 Å². The molecule has 1 aliphatic heterocycles. The van der Waals surface area contributed by atoms with E-state index in [1.54, 1.807) is 11.2 Å². The van der Waals surface area contributed by atoms with Gasteiger partial charge in [-0.3, -0.25) is 9.78 Å². The van der Waals surface area contributed by atoms with Gasteiger partial charge in [-0.2, -0.15) is 0 Å². The average Bonchev–Trinajstić information content (AvgIpc) is 3.26. The van der Waals surface area contributed by atoms with E-state index in [2.05, 4.69) is 15.3 Å². The molecule has 7 nitrogen and oxygen atoms in total. The third kappa shape index (κ3) is 6.59. The Hall–Kier alpha value is -0.824. The smallest absolute Gasteiger partial charge is 0.870 e. The van der Waals surface area contributed by atoms with Gasteiger partial charge in [0, 0.05) is 35.4 Å². The molecule has 11 heteroatoms. The second kappa shape index (κ2) is 11.3. The number of pyridine rings is 1. The number of likely N-dealkylation sites (tertiary alicyclic amines) is 1. The van der Waals surface area contributed by atoms with Crippen LogP contribution in [0.4, 0.5) is 14.6 Å². The Bertz CT molecular complexity index is 934. The van der Waals surface area contributed by atoms with Crippen LogP contribution >= 0.6 is 11.3 Å². The van der Waals surface area contributed by atoms with Crippen molar-refractivity contribution < 1.29 is 75.2 Å². The van der Waals surface area contributed by atoms with Gasteiger partial charge in [-0.25, -0.2) is 20.1 Å². The molecule has 0 aromatic carbocycles. The Kier molecular flexibility index (Phi) is 10.3. The van der Waals surface area contributed by atoms with E-state index in [1.165, 1.54) is 12.3 Å². The van der Waals surface area contributed by atoms with Crippen LogP contribution in [-0.2, 0) is 4.79 Å². The number of alkyl halides is 2. The number of anilines is 1. The van der Waals surface area contributed by atoms with Crippen LogP contribution in [0.1, 0.15) is 68.0 Å². The van der Waals surface area contributed by atoms with Crippen LogP contribution in [0.2, 0.25) is 0 Å². The maximum atomic E-state index is 13.9. The van der Waals surface area contributed by atoms with Crippen molar-refractivity contribution in [3.63, 3.8) is 0 Å². The molecule has 2 N–H and O–H groups in total. The summed E-state index contributed by atoms with van der Waals surface area (Å²) >= 11 is 0.876. The molecule has 1 fully saturated rings. The maximum absolute atomic E-state index is 13.9. The molecule has 0 unspecified atom stereocenters. The molecule has 1 saturated heterocycles. The van der Waals surface area contributed by atoms with E-state index in [4.69, 9.17) is 0 Å². The SMILES string of the molecule is C[C@H]1CCCN1C(=O)c1nc([C-]=O)sc1-c1cnc(NC(C)(C)C)cc1C(F)F.[K+].[OH-]. The fourth-order valence-corrected chi connectivity index (χ4v) is 4.24. The van der Waals surface area contributed by atoms with E-state index < -0.39 is 6.43 Å². The molecule has 0 radical (unpaired) electrons. The van der Waals surface area contributed by atoms with Gasteiger partial charge in [-0.1, -0.05) is 0 Å². The summed E-state index contributed by atoms with van der Waals surface area (Å²) < 4.78 is 27.7. The van der Waals surface area contributed by atoms with E-state index in [-0.39, 0.29) is 101 Å². The van der Waals surface area contributed by atoms with Crippen LogP contribution in [0.25, 0.3) is 10.4 Å². The van der Waals surface area contributed by atoms with Gasteiger partial charge in [0.2, 0.25) is 0 Å². The van der Waals surface area contributed by atoms with E-state index in [0.717, 1.165) is 24.2 Å². The van der Waals surface area contributed by atoms with Crippen molar-refractivity contribution in [1.29, 1.82) is 0 Å². The fourth-order valence-electron chi connectivity index (χ4n) is 3.36. The zero-order chi connectivity index (χ0) is 21.3. The molecule has 0 aliphatic carbocycles. The minimum absolute atomic E-state index is 0. The number of carbonyl (C=O) groups excluding carboxylic acids is 2. The summed E-state index contributed by atoms with van der Waals surface area (Å²) in [6.45, 7) is 8.20. The van der Waals surface area contributed by atoms with Crippen molar-refractivity contribution in [2.24, 2.45) is 0 Å². The van der Waals surface area contributed by atoms with Gasteiger partial charge in [0.05, 0.1) is 4.88 Å². The van der Waals surface area contributed by atoms with Crippen LogP contribution in [0.5, 0.6) is 0 Å². The van der Waals surface area contributed by atoms with Crippen molar-refractivity contribution in [2.75, 3.05) is 11.9 Å². The van der Waals surface area contributed by atoms with Crippen LogP contribution in [0.3, 0.4) is 0 Å². The van der Waals surface area contributed by atoms with Gasteiger partial charge in [0.25, 0.3) is 12.3 Å². The van der Waals surface area contributed by atoms with Crippen LogP contribution in [-0.4, -0.2) is 50.7 Å². The maximum Gasteiger partial charge on any atom is 1.00 e. The summed E-state index contributed by atoms with van der Waals surface area (Å²) in [7, 11) is 0. The van der Waals surface area contributed by atoms with Crippen molar-refractivity contribution in [1.82, 2.24) is 14.9 Å². The second-order valence-corrected chi connectivity index (χ2v) is 9.12. The number of hydrogen-bond donors (Lipinski definition) is 1. The monoisotopic (exact) mass is 477 g/mol. The molecule has 2 aromatic rings.